The SMILES string of the molecule is [B]C([B])([B])Oc1cc2c(cc1C(C)(C)C)C([B])([B])NCC2. The molecule has 0 atom stereocenters. The first kappa shape index (κ1) is 16.7. The fraction of sp³-hybridized carbons (Fsp3) is 0.571. The summed E-state index contributed by atoms with van der Waals surface area (Å²) >= 11 is 0. The molecule has 0 saturated heterocycles. The minimum absolute atomic E-state index is 0.205. The summed E-state index contributed by atoms with van der Waals surface area (Å²) in [6, 6.07) is 3.83. The zero-order valence-electron chi connectivity index (χ0n) is 12.9. The van der Waals surface area contributed by atoms with Gasteiger partial charge in [0.1, 0.15) is 29.3 Å². The van der Waals surface area contributed by atoms with Crippen LogP contribution in [0.1, 0.15) is 37.5 Å². The van der Waals surface area contributed by atoms with E-state index in [9.17, 15) is 0 Å². The van der Waals surface area contributed by atoms with Gasteiger partial charge in [0.05, 0.1) is 15.7 Å². The van der Waals surface area contributed by atoms with Crippen LogP contribution in [0.5, 0.6) is 5.75 Å². The van der Waals surface area contributed by atoms with E-state index in [0.717, 1.165) is 23.1 Å². The number of hydrogen-bond acceptors (Lipinski definition) is 2. The van der Waals surface area contributed by atoms with Crippen LogP contribution in [-0.2, 0) is 17.2 Å². The topological polar surface area (TPSA) is 21.3 Å². The molecule has 10 radical (unpaired) electrons. The van der Waals surface area contributed by atoms with E-state index in [2.05, 4.69) is 26.1 Å². The van der Waals surface area contributed by atoms with Crippen molar-refractivity contribution in [3.8, 4) is 5.75 Å². The van der Waals surface area contributed by atoms with Crippen molar-refractivity contribution >= 4 is 39.2 Å². The van der Waals surface area contributed by atoms with Crippen molar-refractivity contribution in [1.82, 2.24) is 5.32 Å². The molecule has 1 heterocycles. The van der Waals surface area contributed by atoms with Gasteiger partial charge in [-0.05, 0) is 51.8 Å². The average molecular weight is 268 g/mol. The van der Waals surface area contributed by atoms with E-state index in [1.165, 1.54) is 0 Å². The molecule has 1 aliphatic rings. The summed E-state index contributed by atoms with van der Waals surface area (Å²) in [6.45, 7) is 6.85. The predicted molar refractivity (Wildman–Crippen MR) is 90.7 cm³/mol. The van der Waals surface area contributed by atoms with Crippen LogP contribution in [0.4, 0.5) is 0 Å². The summed E-state index contributed by atoms with van der Waals surface area (Å²) in [7, 11) is 29.0. The van der Waals surface area contributed by atoms with E-state index in [-0.39, 0.29) is 5.41 Å². The number of ether oxygens (including phenoxy) is 1. The fourth-order valence-corrected chi connectivity index (χ4v) is 2.57. The number of nitrogens with one attached hydrogen (secondary N) is 1. The van der Waals surface area contributed by atoms with Crippen LogP contribution in [0.25, 0.3) is 0 Å². The summed E-state index contributed by atoms with van der Waals surface area (Å²) in [5.41, 5.74) is 2.55. The van der Waals surface area contributed by atoms with Crippen molar-refractivity contribution in [1.29, 1.82) is 0 Å². The zero-order valence-corrected chi connectivity index (χ0v) is 12.9. The minimum atomic E-state index is -1.73. The van der Waals surface area contributed by atoms with Gasteiger partial charge in [0, 0.05) is 0 Å². The second-order valence-corrected chi connectivity index (χ2v) is 6.76. The number of rotatable bonds is 2. The van der Waals surface area contributed by atoms with Gasteiger partial charge in [0.2, 0.25) is 0 Å². The Hall–Kier alpha value is -0.695. The van der Waals surface area contributed by atoms with E-state index in [0.29, 0.717) is 12.3 Å². The molecule has 1 aromatic rings. The lowest BCUT2D eigenvalue weighted by Crippen LogP contribution is -2.48. The van der Waals surface area contributed by atoms with E-state index in [4.69, 9.17) is 44.0 Å². The maximum absolute atomic E-state index is 6.13. The normalized spacial score (nSPS) is 18.0. The highest BCUT2D eigenvalue weighted by atomic mass is 16.5. The van der Waals surface area contributed by atoms with E-state index in [1.807, 2.05) is 12.1 Å². The lowest BCUT2D eigenvalue weighted by Gasteiger charge is -2.38. The average Bonchev–Trinajstić information content (AvgIpc) is 2.23. The van der Waals surface area contributed by atoms with Gasteiger partial charge in [-0.3, -0.25) is 0 Å². The molecule has 0 amide bonds. The molecule has 1 aliphatic heterocycles. The molecule has 1 N–H and O–H groups in total. The molecule has 2 rings (SSSR count). The van der Waals surface area contributed by atoms with Crippen molar-refractivity contribution < 1.29 is 4.74 Å². The van der Waals surface area contributed by atoms with E-state index >= 15 is 0 Å². The van der Waals surface area contributed by atoms with Crippen LogP contribution in [0, 0.1) is 0 Å². The lowest BCUT2D eigenvalue weighted by molar-refractivity contribution is 0.308. The third-order valence-corrected chi connectivity index (χ3v) is 3.56. The molecule has 0 spiro atoms. The van der Waals surface area contributed by atoms with Gasteiger partial charge in [0.15, 0.2) is 0 Å². The van der Waals surface area contributed by atoms with Crippen molar-refractivity contribution in [2.45, 2.75) is 43.2 Å². The lowest BCUT2D eigenvalue weighted by atomic mass is 9.52. The third-order valence-electron chi connectivity index (χ3n) is 3.56. The highest BCUT2D eigenvalue weighted by Crippen LogP contribution is 2.38. The maximum atomic E-state index is 6.13. The first-order valence-electron chi connectivity index (χ1n) is 6.96. The minimum Gasteiger partial charge on any atom is -0.516 e. The van der Waals surface area contributed by atoms with Crippen LogP contribution >= 0.6 is 0 Å². The van der Waals surface area contributed by atoms with Gasteiger partial charge in [-0.15, -0.1) is 0 Å². The van der Waals surface area contributed by atoms with E-state index in [1.54, 1.807) is 0 Å². The summed E-state index contributed by atoms with van der Waals surface area (Å²) in [4.78, 5) is 0. The Kier molecular flexibility index (Phi) is 4.12. The molecular formula is C14H16B5NO. The van der Waals surface area contributed by atoms with Gasteiger partial charge < -0.3 is 10.1 Å². The van der Waals surface area contributed by atoms with Crippen LogP contribution in [0.3, 0.4) is 0 Å². The van der Waals surface area contributed by atoms with Crippen LogP contribution < -0.4 is 10.1 Å². The van der Waals surface area contributed by atoms with Crippen LogP contribution in [0.15, 0.2) is 12.1 Å². The van der Waals surface area contributed by atoms with Crippen LogP contribution in [-0.4, -0.2) is 51.1 Å². The number of hydrogen-bond donors (Lipinski definition) is 1. The monoisotopic (exact) mass is 269 g/mol. The molecule has 7 heteroatoms. The predicted octanol–water partition coefficient (Wildman–Crippen LogP) is 0.0727. The van der Waals surface area contributed by atoms with Crippen molar-refractivity contribution in [3.05, 3.63) is 28.8 Å². The molecular weight excluding hydrogens is 252 g/mol. The molecule has 0 saturated carbocycles. The zero-order chi connectivity index (χ0) is 16.1. The molecule has 0 aliphatic carbocycles. The molecule has 98 valence electrons. The Morgan fingerprint density at radius 1 is 1.14 bits per heavy atom. The number of fused-ring (bicyclic) bond motifs is 1. The third kappa shape index (κ3) is 3.74. The van der Waals surface area contributed by atoms with Gasteiger partial charge in [-0.25, -0.2) is 0 Å². The summed E-state index contributed by atoms with van der Waals surface area (Å²) in [5.74, 6) is 0.562. The maximum Gasteiger partial charge on any atom is 0.120 e. The quantitative estimate of drug-likeness (QED) is 0.767. The molecule has 0 bridgehead atoms. The standard InChI is InChI=1S/C14H16B5NO/c1-12(2,3)10-7-9-8(4-5-20-13(9,15)16)6-11(10)21-14(17,18)19/h6-7,20H,4-5H2,1-3H3. The largest absolute Gasteiger partial charge is 0.516 e. The second-order valence-electron chi connectivity index (χ2n) is 6.76. The highest BCUT2D eigenvalue weighted by Gasteiger charge is 2.30. The van der Waals surface area contributed by atoms with Gasteiger partial charge in [-0.2, -0.15) is 0 Å². The second kappa shape index (κ2) is 5.19. The summed E-state index contributed by atoms with van der Waals surface area (Å²) in [5, 5.41) is 0.311. The Balaban J connectivity index is 2.61. The Bertz CT molecular complexity index is 546. The fourth-order valence-electron chi connectivity index (χ4n) is 2.57. The van der Waals surface area contributed by atoms with Crippen molar-refractivity contribution in [2.75, 3.05) is 6.54 Å². The van der Waals surface area contributed by atoms with E-state index < -0.39 is 10.6 Å². The smallest absolute Gasteiger partial charge is 0.120 e. The van der Waals surface area contributed by atoms with Crippen molar-refractivity contribution in [2.24, 2.45) is 0 Å². The Labute approximate surface area is 134 Å². The first-order valence-corrected chi connectivity index (χ1v) is 6.96. The van der Waals surface area contributed by atoms with Gasteiger partial charge in [-0.1, -0.05) is 26.8 Å². The molecule has 0 aromatic heterocycles. The summed E-state index contributed by atoms with van der Waals surface area (Å²) < 4.78 is 5.52. The van der Waals surface area contributed by atoms with Gasteiger partial charge >= 0.3 is 0 Å². The molecule has 0 unspecified atom stereocenters. The Morgan fingerprint density at radius 3 is 2.29 bits per heavy atom. The summed E-state index contributed by atoms with van der Waals surface area (Å²) in [6.07, 6.45) is 0.791. The van der Waals surface area contributed by atoms with Crippen molar-refractivity contribution in [3.63, 3.8) is 0 Å². The molecule has 0 fully saturated rings. The van der Waals surface area contributed by atoms with Gasteiger partial charge in [0.25, 0.3) is 0 Å². The molecule has 21 heavy (non-hydrogen) atoms. The van der Waals surface area contributed by atoms with Crippen LogP contribution in [0.2, 0.25) is 0 Å². The number of benzene rings is 1. The first-order chi connectivity index (χ1) is 9.40. The molecule has 1 aromatic carbocycles. The molecule has 2 nitrogen and oxygen atoms in total. The Morgan fingerprint density at radius 2 is 1.76 bits per heavy atom. The highest BCUT2D eigenvalue weighted by molar-refractivity contribution is 6.58.